The zero-order valence-electron chi connectivity index (χ0n) is 20.6. The lowest BCUT2D eigenvalue weighted by Crippen LogP contribution is -2.21. The molecule has 0 radical (unpaired) electrons. The van der Waals surface area contributed by atoms with Crippen molar-refractivity contribution >= 4 is 23.1 Å². The summed E-state index contributed by atoms with van der Waals surface area (Å²) in [5.41, 5.74) is 0.201. The Labute approximate surface area is 222 Å². The normalized spacial score (nSPS) is 13.1. The fraction of sp³-hybridized carbons (Fsp3) is 0.167. The van der Waals surface area contributed by atoms with E-state index in [-0.39, 0.29) is 22.6 Å². The minimum atomic E-state index is -4.47. The van der Waals surface area contributed by atoms with Crippen molar-refractivity contribution in [1.82, 2.24) is 4.98 Å². The molecule has 1 N–H and O–H groups in total. The Morgan fingerprint density at radius 1 is 0.923 bits per heavy atom. The average Bonchev–Trinajstić information content (AvgIpc) is 3.76. The summed E-state index contributed by atoms with van der Waals surface area (Å²) in [7, 11) is 0. The molecule has 1 fully saturated rings. The van der Waals surface area contributed by atoms with E-state index < -0.39 is 23.5 Å². The van der Waals surface area contributed by atoms with Gasteiger partial charge < -0.3 is 14.7 Å². The number of halogens is 3. The number of carboxylic acids is 1. The molecular weight excluding hydrogens is 509 g/mol. The van der Waals surface area contributed by atoms with Crippen LogP contribution >= 0.6 is 0 Å². The lowest BCUT2D eigenvalue weighted by molar-refractivity contribution is -0.137. The maximum absolute atomic E-state index is 13.3. The van der Waals surface area contributed by atoms with Gasteiger partial charge in [-0.25, -0.2) is 4.79 Å². The van der Waals surface area contributed by atoms with Crippen LogP contribution < -0.4 is 9.64 Å². The quantitative estimate of drug-likeness (QED) is 0.227. The molecule has 4 aromatic rings. The van der Waals surface area contributed by atoms with E-state index in [4.69, 9.17) is 4.74 Å². The molecule has 1 saturated carbocycles. The molecule has 0 atom stereocenters. The third-order valence-corrected chi connectivity index (χ3v) is 6.36. The highest BCUT2D eigenvalue weighted by Crippen LogP contribution is 2.38. The first-order valence-electron chi connectivity index (χ1n) is 12.2. The molecule has 9 heteroatoms. The molecule has 39 heavy (non-hydrogen) atoms. The Morgan fingerprint density at radius 2 is 1.69 bits per heavy atom. The summed E-state index contributed by atoms with van der Waals surface area (Å²) >= 11 is 0. The number of hydrogen-bond acceptors (Lipinski definition) is 5. The van der Waals surface area contributed by atoms with Crippen LogP contribution in [-0.2, 0) is 6.18 Å². The Bertz CT molecular complexity index is 1500. The molecular formula is C30H23F3N2O4. The predicted molar refractivity (Wildman–Crippen MR) is 139 cm³/mol. The Morgan fingerprint density at radius 3 is 2.33 bits per heavy atom. The van der Waals surface area contributed by atoms with Crippen LogP contribution in [0, 0.1) is 5.92 Å². The second-order valence-electron chi connectivity index (χ2n) is 9.26. The summed E-state index contributed by atoms with van der Waals surface area (Å²) < 4.78 is 45.6. The summed E-state index contributed by atoms with van der Waals surface area (Å²) in [5, 5.41) is 9.69. The lowest BCUT2D eigenvalue weighted by Gasteiger charge is -2.25. The summed E-state index contributed by atoms with van der Waals surface area (Å²) in [5.74, 6) is -0.844. The third kappa shape index (κ3) is 6.09. The van der Waals surface area contributed by atoms with Crippen molar-refractivity contribution in [2.45, 2.75) is 19.0 Å². The van der Waals surface area contributed by atoms with Crippen molar-refractivity contribution in [3.05, 3.63) is 114 Å². The van der Waals surface area contributed by atoms with Gasteiger partial charge in [0, 0.05) is 17.8 Å². The number of ketones is 1. The number of aromatic nitrogens is 1. The number of hydrogen-bond donors (Lipinski definition) is 1. The van der Waals surface area contributed by atoms with E-state index in [1.54, 1.807) is 47.4 Å². The molecule has 0 spiro atoms. The van der Waals surface area contributed by atoms with Gasteiger partial charge in [0.25, 0.3) is 0 Å². The highest BCUT2D eigenvalue weighted by molar-refractivity contribution is 6.09. The van der Waals surface area contributed by atoms with Crippen LogP contribution in [0.5, 0.6) is 11.5 Å². The molecule has 5 rings (SSSR count). The molecule has 0 bridgehead atoms. The number of carbonyl (C=O) groups excluding carboxylic acids is 1. The zero-order valence-corrected chi connectivity index (χ0v) is 20.6. The standard InChI is InChI=1S/C30H23F3N2O4/c31-30(32,33)21-5-4-6-22(16-21)35(18-19-9-10-19)23-12-13-26(34-17-23)28(36)20-11-14-27(25(15-20)29(37)38)39-24-7-2-1-3-8-24/h1-8,11-17,19H,9-10,18H2,(H,37,38). The van der Waals surface area contributed by atoms with Gasteiger partial charge in [0.2, 0.25) is 5.78 Å². The van der Waals surface area contributed by atoms with E-state index in [0.717, 1.165) is 25.0 Å². The van der Waals surface area contributed by atoms with E-state index in [9.17, 15) is 27.9 Å². The molecule has 0 aliphatic heterocycles. The topological polar surface area (TPSA) is 79.7 Å². The van der Waals surface area contributed by atoms with E-state index >= 15 is 0 Å². The van der Waals surface area contributed by atoms with Crippen molar-refractivity contribution in [3.63, 3.8) is 0 Å². The Hall–Kier alpha value is -4.66. The number of rotatable bonds is 9. The van der Waals surface area contributed by atoms with Gasteiger partial charge in [-0.3, -0.25) is 9.78 Å². The van der Waals surface area contributed by atoms with Gasteiger partial charge in [-0.2, -0.15) is 13.2 Å². The number of carboxylic acid groups (broad SMARTS) is 1. The minimum Gasteiger partial charge on any atom is -0.478 e. The van der Waals surface area contributed by atoms with Gasteiger partial charge in [-0.15, -0.1) is 0 Å². The van der Waals surface area contributed by atoms with Gasteiger partial charge in [-0.1, -0.05) is 24.3 Å². The van der Waals surface area contributed by atoms with Crippen molar-refractivity contribution in [3.8, 4) is 11.5 Å². The first-order valence-corrected chi connectivity index (χ1v) is 12.2. The number of anilines is 2. The van der Waals surface area contributed by atoms with Crippen LogP contribution in [0.4, 0.5) is 24.5 Å². The monoisotopic (exact) mass is 532 g/mol. The number of carbonyl (C=O) groups is 2. The molecule has 0 unspecified atom stereocenters. The fourth-order valence-corrected chi connectivity index (χ4v) is 4.14. The van der Waals surface area contributed by atoms with Gasteiger partial charge in [0.15, 0.2) is 0 Å². The molecule has 0 amide bonds. The van der Waals surface area contributed by atoms with Crippen molar-refractivity contribution in [2.24, 2.45) is 5.92 Å². The second kappa shape index (κ2) is 10.6. The van der Waals surface area contributed by atoms with Crippen LogP contribution in [0.1, 0.15) is 44.8 Å². The van der Waals surface area contributed by atoms with Crippen molar-refractivity contribution in [1.29, 1.82) is 0 Å². The molecule has 1 aliphatic carbocycles. The third-order valence-electron chi connectivity index (χ3n) is 6.36. The van der Waals surface area contributed by atoms with E-state index in [1.165, 1.54) is 36.5 Å². The SMILES string of the molecule is O=C(c1ccc(Oc2ccccc2)c(C(=O)O)c1)c1ccc(N(CC2CC2)c2cccc(C(F)(F)F)c2)cn1. The van der Waals surface area contributed by atoms with Gasteiger partial charge in [-0.05, 0) is 79.4 Å². The molecule has 6 nitrogen and oxygen atoms in total. The van der Waals surface area contributed by atoms with Gasteiger partial charge in [0.05, 0.1) is 17.4 Å². The molecule has 198 valence electrons. The number of nitrogens with zero attached hydrogens (tertiary/aromatic N) is 2. The van der Waals surface area contributed by atoms with Crippen LogP contribution in [0.2, 0.25) is 0 Å². The van der Waals surface area contributed by atoms with Gasteiger partial charge >= 0.3 is 12.1 Å². The Kier molecular flexibility index (Phi) is 7.06. The van der Waals surface area contributed by atoms with E-state index in [2.05, 4.69) is 4.98 Å². The first kappa shape index (κ1) is 26.0. The summed E-state index contributed by atoms with van der Waals surface area (Å²) in [6.45, 7) is 0.529. The summed E-state index contributed by atoms with van der Waals surface area (Å²) in [6.07, 6.45) is -1.03. The second-order valence-corrected chi connectivity index (χ2v) is 9.26. The molecule has 0 saturated heterocycles. The molecule has 1 aliphatic rings. The predicted octanol–water partition coefficient (Wildman–Crippen LogP) is 7.37. The number of alkyl halides is 3. The lowest BCUT2D eigenvalue weighted by atomic mass is 10.0. The summed E-state index contributed by atoms with van der Waals surface area (Å²) in [6, 6.07) is 21.0. The van der Waals surface area contributed by atoms with Gasteiger partial charge in [0.1, 0.15) is 22.8 Å². The number of aromatic carboxylic acids is 1. The molecule has 1 aromatic heterocycles. The van der Waals surface area contributed by atoms with Crippen LogP contribution in [0.3, 0.4) is 0 Å². The Balaban J connectivity index is 1.40. The number of pyridine rings is 1. The highest BCUT2D eigenvalue weighted by atomic mass is 19.4. The average molecular weight is 533 g/mol. The smallest absolute Gasteiger partial charge is 0.416 e. The van der Waals surface area contributed by atoms with Crippen molar-refractivity contribution < 1.29 is 32.6 Å². The number of ether oxygens (including phenoxy) is 1. The van der Waals surface area contributed by atoms with Crippen LogP contribution in [-0.4, -0.2) is 28.4 Å². The number of benzene rings is 3. The maximum Gasteiger partial charge on any atom is 0.416 e. The van der Waals surface area contributed by atoms with Crippen LogP contribution in [0.25, 0.3) is 0 Å². The fourth-order valence-electron chi connectivity index (χ4n) is 4.14. The molecule has 3 aromatic carbocycles. The highest BCUT2D eigenvalue weighted by Gasteiger charge is 2.32. The minimum absolute atomic E-state index is 0.0715. The van der Waals surface area contributed by atoms with Crippen molar-refractivity contribution in [2.75, 3.05) is 11.4 Å². The molecule has 1 heterocycles. The largest absolute Gasteiger partial charge is 0.478 e. The number of para-hydroxylation sites is 1. The summed E-state index contributed by atoms with van der Waals surface area (Å²) in [4.78, 5) is 31.1. The van der Waals surface area contributed by atoms with E-state index in [0.29, 0.717) is 29.6 Å². The first-order chi connectivity index (χ1) is 18.7. The van der Waals surface area contributed by atoms with E-state index in [1.807, 2.05) is 0 Å². The van der Waals surface area contributed by atoms with Crippen LogP contribution in [0.15, 0.2) is 91.1 Å². The zero-order chi connectivity index (χ0) is 27.6. The maximum atomic E-state index is 13.3.